The Morgan fingerprint density at radius 3 is 2.13 bits per heavy atom. The Balaban J connectivity index is 3.29. The van der Waals surface area contributed by atoms with Crippen LogP contribution in [0.25, 0.3) is 0 Å². The summed E-state index contributed by atoms with van der Waals surface area (Å²) in [5.41, 5.74) is 0. The summed E-state index contributed by atoms with van der Waals surface area (Å²) in [6.07, 6.45) is 4.00. The third-order valence-corrected chi connectivity index (χ3v) is 2.81. The van der Waals surface area contributed by atoms with E-state index in [2.05, 4.69) is 44.8 Å². The maximum Gasteiger partial charge on any atom is 0.00384 e. The smallest absolute Gasteiger partial charge is 0.00384 e. The van der Waals surface area contributed by atoms with Crippen LogP contribution in [0.5, 0.6) is 0 Å². The molecule has 0 aromatic heterocycles. The zero-order chi connectivity index (χ0) is 11.7. The summed E-state index contributed by atoms with van der Waals surface area (Å²) in [7, 11) is 0. The van der Waals surface area contributed by atoms with Crippen molar-refractivity contribution in [2.24, 2.45) is 0 Å². The summed E-state index contributed by atoms with van der Waals surface area (Å²) >= 11 is 0. The van der Waals surface area contributed by atoms with Gasteiger partial charge in [-0.2, -0.15) is 0 Å². The number of nitrogens with zero attached hydrogens (tertiary/aromatic N) is 1. The molecular formula is C13H30N2. The minimum Gasteiger partial charge on any atom is -0.315 e. The van der Waals surface area contributed by atoms with Crippen LogP contribution in [0.1, 0.15) is 53.9 Å². The molecule has 0 heterocycles. The second-order valence-electron chi connectivity index (χ2n) is 4.89. The monoisotopic (exact) mass is 214 g/mol. The van der Waals surface area contributed by atoms with Gasteiger partial charge in [0.2, 0.25) is 0 Å². The van der Waals surface area contributed by atoms with Crippen molar-refractivity contribution in [1.29, 1.82) is 0 Å². The molecule has 0 atom stereocenters. The molecule has 2 nitrogen and oxygen atoms in total. The molecule has 0 aromatic rings. The molecular weight excluding hydrogens is 184 g/mol. The van der Waals surface area contributed by atoms with Crippen molar-refractivity contribution >= 4 is 0 Å². The fourth-order valence-corrected chi connectivity index (χ4v) is 1.79. The second kappa shape index (κ2) is 9.17. The lowest BCUT2D eigenvalue weighted by Gasteiger charge is -2.24. The predicted molar refractivity (Wildman–Crippen MR) is 69.4 cm³/mol. The van der Waals surface area contributed by atoms with E-state index in [9.17, 15) is 0 Å². The molecule has 0 aliphatic rings. The molecule has 92 valence electrons. The SMILES string of the molecule is CCN(CCCCCNC(C)C)C(C)C. The van der Waals surface area contributed by atoms with Crippen LogP contribution in [0, 0.1) is 0 Å². The molecule has 0 amide bonds. The average Bonchev–Trinajstić information content (AvgIpc) is 2.15. The van der Waals surface area contributed by atoms with Gasteiger partial charge in [-0.05, 0) is 46.3 Å². The van der Waals surface area contributed by atoms with Crippen molar-refractivity contribution in [3.8, 4) is 0 Å². The van der Waals surface area contributed by atoms with Gasteiger partial charge in [-0.1, -0.05) is 27.2 Å². The molecule has 0 aliphatic heterocycles. The summed E-state index contributed by atoms with van der Waals surface area (Å²) < 4.78 is 0. The van der Waals surface area contributed by atoms with E-state index in [1.165, 1.54) is 38.9 Å². The maximum atomic E-state index is 3.46. The van der Waals surface area contributed by atoms with Gasteiger partial charge in [0.25, 0.3) is 0 Å². The van der Waals surface area contributed by atoms with Crippen LogP contribution in [0.3, 0.4) is 0 Å². The Morgan fingerprint density at radius 2 is 1.67 bits per heavy atom. The topological polar surface area (TPSA) is 15.3 Å². The van der Waals surface area contributed by atoms with Gasteiger partial charge in [-0.25, -0.2) is 0 Å². The van der Waals surface area contributed by atoms with Gasteiger partial charge in [0.05, 0.1) is 0 Å². The lowest BCUT2D eigenvalue weighted by atomic mass is 10.2. The first-order chi connectivity index (χ1) is 7.07. The molecule has 15 heavy (non-hydrogen) atoms. The van der Waals surface area contributed by atoms with Crippen LogP contribution in [-0.4, -0.2) is 36.6 Å². The molecule has 2 heteroatoms. The van der Waals surface area contributed by atoms with Gasteiger partial charge in [0.1, 0.15) is 0 Å². The first-order valence-corrected chi connectivity index (χ1v) is 6.55. The molecule has 0 radical (unpaired) electrons. The number of unbranched alkanes of at least 4 members (excludes halogenated alkanes) is 2. The molecule has 0 spiro atoms. The van der Waals surface area contributed by atoms with E-state index in [0.717, 1.165) is 0 Å². The summed E-state index contributed by atoms with van der Waals surface area (Å²) in [4.78, 5) is 2.54. The average molecular weight is 214 g/mol. The van der Waals surface area contributed by atoms with Crippen molar-refractivity contribution in [1.82, 2.24) is 10.2 Å². The molecule has 1 N–H and O–H groups in total. The van der Waals surface area contributed by atoms with Gasteiger partial charge >= 0.3 is 0 Å². The largest absolute Gasteiger partial charge is 0.315 e. The van der Waals surface area contributed by atoms with Crippen molar-refractivity contribution in [2.45, 2.75) is 66.0 Å². The Kier molecular flexibility index (Phi) is 9.12. The van der Waals surface area contributed by atoms with Crippen molar-refractivity contribution in [2.75, 3.05) is 19.6 Å². The number of rotatable bonds is 9. The van der Waals surface area contributed by atoms with Crippen LogP contribution in [0.2, 0.25) is 0 Å². The second-order valence-corrected chi connectivity index (χ2v) is 4.89. The molecule has 0 saturated heterocycles. The third-order valence-electron chi connectivity index (χ3n) is 2.81. The molecule has 0 rings (SSSR count). The van der Waals surface area contributed by atoms with Crippen molar-refractivity contribution in [3.63, 3.8) is 0 Å². The van der Waals surface area contributed by atoms with Crippen molar-refractivity contribution in [3.05, 3.63) is 0 Å². The normalized spacial score (nSPS) is 12.0. The molecule has 0 fully saturated rings. The van der Waals surface area contributed by atoms with E-state index < -0.39 is 0 Å². The highest BCUT2D eigenvalue weighted by Crippen LogP contribution is 2.02. The lowest BCUT2D eigenvalue weighted by molar-refractivity contribution is 0.228. The fourth-order valence-electron chi connectivity index (χ4n) is 1.79. The van der Waals surface area contributed by atoms with Crippen LogP contribution >= 0.6 is 0 Å². The van der Waals surface area contributed by atoms with E-state index in [0.29, 0.717) is 12.1 Å². The van der Waals surface area contributed by atoms with E-state index >= 15 is 0 Å². The van der Waals surface area contributed by atoms with Gasteiger partial charge in [-0.15, -0.1) is 0 Å². The van der Waals surface area contributed by atoms with Gasteiger partial charge in [0.15, 0.2) is 0 Å². The first kappa shape index (κ1) is 14.9. The van der Waals surface area contributed by atoms with Crippen molar-refractivity contribution < 1.29 is 0 Å². The minimum atomic E-state index is 0.632. The highest BCUT2D eigenvalue weighted by molar-refractivity contribution is 4.61. The van der Waals surface area contributed by atoms with Crippen LogP contribution < -0.4 is 5.32 Å². The zero-order valence-corrected chi connectivity index (χ0v) is 11.3. The predicted octanol–water partition coefficient (Wildman–Crippen LogP) is 2.89. The molecule has 0 aliphatic carbocycles. The number of hydrogen-bond acceptors (Lipinski definition) is 2. The summed E-state index contributed by atoms with van der Waals surface area (Å²) in [6.45, 7) is 14.8. The van der Waals surface area contributed by atoms with E-state index in [-0.39, 0.29) is 0 Å². The highest BCUT2D eigenvalue weighted by Gasteiger charge is 2.05. The van der Waals surface area contributed by atoms with E-state index in [1.807, 2.05) is 0 Å². The molecule has 0 aromatic carbocycles. The Labute approximate surface area is 96.4 Å². The Hall–Kier alpha value is -0.0800. The molecule has 0 saturated carbocycles. The lowest BCUT2D eigenvalue weighted by Crippen LogP contribution is -2.31. The summed E-state index contributed by atoms with van der Waals surface area (Å²) in [6, 6.07) is 1.33. The Morgan fingerprint density at radius 1 is 1.00 bits per heavy atom. The van der Waals surface area contributed by atoms with Crippen LogP contribution in [0.15, 0.2) is 0 Å². The quantitative estimate of drug-likeness (QED) is 0.594. The third kappa shape index (κ3) is 8.88. The minimum absolute atomic E-state index is 0.632. The summed E-state index contributed by atoms with van der Waals surface area (Å²) in [5, 5.41) is 3.46. The van der Waals surface area contributed by atoms with Crippen LogP contribution in [0.4, 0.5) is 0 Å². The Bertz CT molecular complexity index is 132. The zero-order valence-electron chi connectivity index (χ0n) is 11.3. The first-order valence-electron chi connectivity index (χ1n) is 6.55. The van der Waals surface area contributed by atoms with E-state index in [1.54, 1.807) is 0 Å². The molecule has 0 unspecified atom stereocenters. The highest BCUT2D eigenvalue weighted by atomic mass is 15.1. The standard InChI is InChI=1S/C13H30N2/c1-6-15(13(4)5)11-9-7-8-10-14-12(2)3/h12-14H,6-11H2,1-5H3. The number of hydrogen-bond donors (Lipinski definition) is 1. The van der Waals surface area contributed by atoms with Gasteiger partial charge in [-0.3, -0.25) is 0 Å². The van der Waals surface area contributed by atoms with Gasteiger partial charge in [0, 0.05) is 12.1 Å². The summed E-state index contributed by atoms with van der Waals surface area (Å²) in [5.74, 6) is 0. The van der Waals surface area contributed by atoms with Crippen LogP contribution in [-0.2, 0) is 0 Å². The number of nitrogens with one attached hydrogen (secondary N) is 1. The van der Waals surface area contributed by atoms with E-state index in [4.69, 9.17) is 0 Å². The van der Waals surface area contributed by atoms with Gasteiger partial charge < -0.3 is 10.2 Å². The molecule has 0 bridgehead atoms. The maximum absolute atomic E-state index is 3.46. The fraction of sp³-hybridized carbons (Fsp3) is 1.00.